The van der Waals surface area contributed by atoms with Gasteiger partial charge in [-0.1, -0.05) is 53.7 Å². The Morgan fingerprint density at radius 2 is 0.750 bits per heavy atom. The summed E-state index contributed by atoms with van der Waals surface area (Å²) in [4.78, 5) is 0. The van der Waals surface area contributed by atoms with Crippen LogP contribution >= 0.6 is 0 Å². The van der Waals surface area contributed by atoms with Crippen LogP contribution in [-0.2, 0) is 10.8 Å². The van der Waals surface area contributed by atoms with Crippen molar-refractivity contribution in [3.63, 3.8) is 0 Å². The van der Waals surface area contributed by atoms with E-state index in [1.807, 2.05) is 0 Å². The van der Waals surface area contributed by atoms with E-state index in [0.29, 0.717) is 0 Å². The minimum Gasteiger partial charge on any atom is -0.488 e. The van der Waals surface area contributed by atoms with E-state index in [9.17, 15) is 0 Å². The molecule has 0 bridgehead atoms. The summed E-state index contributed by atoms with van der Waals surface area (Å²) in [7, 11) is 0. The summed E-state index contributed by atoms with van der Waals surface area (Å²) in [6.45, 7) is 30.6. The minimum absolute atomic E-state index is 0.0126. The third-order valence-corrected chi connectivity index (χ3v) is 5.57. The van der Waals surface area contributed by atoms with Crippen molar-refractivity contribution in [1.82, 2.24) is 0 Å². The molecule has 2 nitrogen and oxygen atoms in total. The zero-order valence-electron chi connectivity index (χ0n) is 23.1. The van der Waals surface area contributed by atoms with E-state index in [-0.39, 0.29) is 22.0 Å². The fourth-order valence-electron chi connectivity index (χ4n) is 3.67. The molecule has 2 aromatic rings. The summed E-state index contributed by atoms with van der Waals surface area (Å²) in [5, 5.41) is 0. The van der Waals surface area contributed by atoms with Gasteiger partial charge in [0, 0.05) is 0 Å². The average Bonchev–Trinajstić information content (AvgIpc) is 2.54. The molecule has 0 atom stereocenters. The van der Waals surface area contributed by atoms with Gasteiger partial charge in [0.25, 0.3) is 0 Å². The molecule has 0 saturated heterocycles. The molecule has 0 amide bonds. The van der Waals surface area contributed by atoms with Gasteiger partial charge in [0.15, 0.2) is 0 Å². The Labute approximate surface area is 197 Å². The quantitative estimate of drug-likeness (QED) is 0.476. The highest BCUT2D eigenvalue weighted by atomic mass is 16.5. The summed E-state index contributed by atoms with van der Waals surface area (Å²) in [5.74, 6) is 1.91. The van der Waals surface area contributed by atoms with Gasteiger partial charge in [-0.3, -0.25) is 0 Å². The topological polar surface area (TPSA) is 18.5 Å². The summed E-state index contributed by atoms with van der Waals surface area (Å²) >= 11 is 0. The fourth-order valence-corrected chi connectivity index (χ4v) is 3.67. The van der Waals surface area contributed by atoms with Crippen molar-refractivity contribution in [2.75, 3.05) is 0 Å². The van der Waals surface area contributed by atoms with Crippen molar-refractivity contribution >= 4 is 0 Å². The molecule has 2 heteroatoms. The lowest BCUT2D eigenvalue weighted by Gasteiger charge is -2.30. The number of hydrogen-bond acceptors (Lipinski definition) is 2. The van der Waals surface area contributed by atoms with Gasteiger partial charge >= 0.3 is 0 Å². The van der Waals surface area contributed by atoms with Gasteiger partial charge < -0.3 is 9.47 Å². The van der Waals surface area contributed by atoms with E-state index in [1.54, 1.807) is 0 Å². The van der Waals surface area contributed by atoms with Crippen molar-refractivity contribution < 1.29 is 9.47 Å². The number of benzene rings is 2. The number of ether oxygens (including phenoxy) is 2. The van der Waals surface area contributed by atoms with Gasteiger partial charge in [-0.2, -0.15) is 0 Å². The summed E-state index contributed by atoms with van der Waals surface area (Å²) in [6.07, 6.45) is 0. The Morgan fingerprint density at radius 1 is 0.469 bits per heavy atom. The van der Waals surface area contributed by atoms with E-state index in [4.69, 9.17) is 9.47 Å². The van der Waals surface area contributed by atoms with Gasteiger partial charge in [0.05, 0.1) is 0 Å². The molecule has 32 heavy (non-hydrogen) atoms. The van der Waals surface area contributed by atoms with E-state index in [0.717, 1.165) is 11.5 Å². The normalized spacial score (nSPS) is 13.3. The highest BCUT2D eigenvalue weighted by Gasteiger charge is 2.25. The van der Waals surface area contributed by atoms with Crippen LogP contribution in [0.1, 0.15) is 105 Å². The molecule has 0 radical (unpaired) electrons. The molecule has 0 spiro atoms. The van der Waals surface area contributed by atoms with Crippen LogP contribution < -0.4 is 9.47 Å². The van der Waals surface area contributed by atoms with Gasteiger partial charge in [0.1, 0.15) is 22.7 Å². The number of rotatable bonds is 3. The van der Waals surface area contributed by atoms with Gasteiger partial charge in [-0.15, -0.1) is 0 Å². The SMILES string of the molecule is Cc1c(OC(C)(C)C)cc(C(C)(C)C)cc1-c1cc(C(C)(C)C)cc(OC(C)(C)C)c1C. The monoisotopic (exact) mass is 438 g/mol. The Bertz CT molecular complexity index is 887. The summed E-state index contributed by atoms with van der Waals surface area (Å²) in [6, 6.07) is 9.14. The van der Waals surface area contributed by atoms with Crippen LogP contribution in [0.3, 0.4) is 0 Å². The summed E-state index contributed by atoms with van der Waals surface area (Å²) in [5.41, 5.74) is 6.83. The van der Waals surface area contributed by atoms with Crippen LogP contribution in [0.25, 0.3) is 11.1 Å². The molecule has 178 valence electrons. The fraction of sp³-hybridized carbons (Fsp3) is 0.600. The average molecular weight is 439 g/mol. The van der Waals surface area contributed by atoms with E-state index in [1.165, 1.54) is 33.4 Å². The van der Waals surface area contributed by atoms with E-state index >= 15 is 0 Å². The van der Waals surface area contributed by atoms with Gasteiger partial charge in [-0.25, -0.2) is 0 Å². The lowest BCUT2D eigenvalue weighted by atomic mass is 9.80. The van der Waals surface area contributed by atoms with Gasteiger partial charge in [0.2, 0.25) is 0 Å². The molecular weight excluding hydrogens is 392 g/mol. The molecule has 0 aromatic heterocycles. The second kappa shape index (κ2) is 8.43. The molecule has 2 aromatic carbocycles. The van der Waals surface area contributed by atoms with E-state index in [2.05, 4.69) is 121 Å². The second-order valence-corrected chi connectivity index (χ2v) is 13.2. The largest absolute Gasteiger partial charge is 0.488 e. The first-order valence-electron chi connectivity index (χ1n) is 11.9. The maximum Gasteiger partial charge on any atom is 0.123 e. The highest BCUT2D eigenvalue weighted by Crippen LogP contribution is 2.42. The van der Waals surface area contributed by atoms with Crippen LogP contribution in [0.15, 0.2) is 24.3 Å². The molecule has 0 unspecified atom stereocenters. The lowest BCUT2D eigenvalue weighted by Crippen LogP contribution is -2.24. The predicted molar refractivity (Wildman–Crippen MR) is 140 cm³/mol. The summed E-state index contributed by atoms with van der Waals surface area (Å²) < 4.78 is 12.9. The first kappa shape index (κ1) is 26.3. The highest BCUT2D eigenvalue weighted by molar-refractivity contribution is 5.76. The molecule has 0 N–H and O–H groups in total. The third kappa shape index (κ3) is 6.53. The smallest absolute Gasteiger partial charge is 0.123 e. The second-order valence-electron chi connectivity index (χ2n) is 13.2. The molecular formula is C30H46O2. The van der Waals surface area contributed by atoms with Crippen molar-refractivity contribution in [3.05, 3.63) is 46.5 Å². The Kier molecular flexibility index (Phi) is 6.93. The van der Waals surface area contributed by atoms with Crippen molar-refractivity contribution in [2.24, 2.45) is 0 Å². The molecule has 0 aliphatic carbocycles. The van der Waals surface area contributed by atoms with Crippen molar-refractivity contribution in [1.29, 1.82) is 0 Å². The van der Waals surface area contributed by atoms with Crippen LogP contribution in [0, 0.1) is 13.8 Å². The molecule has 0 heterocycles. The molecule has 0 aliphatic rings. The molecule has 0 aliphatic heterocycles. The zero-order valence-corrected chi connectivity index (χ0v) is 23.1. The molecule has 2 rings (SSSR count). The maximum atomic E-state index is 6.45. The maximum absolute atomic E-state index is 6.45. The minimum atomic E-state index is -0.263. The van der Waals surface area contributed by atoms with Gasteiger partial charge in [-0.05, 0) is 112 Å². The van der Waals surface area contributed by atoms with E-state index < -0.39 is 0 Å². The van der Waals surface area contributed by atoms with Crippen LogP contribution in [-0.4, -0.2) is 11.2 Å². The predicted octanol–water partition coefficient (Wildman–Crippen LogP) is 8.92. The van der Waals surface area contributed by atoms with Crippen LogP contribution in [0.5, 0.6) is 11.5 Å². The molecule has 0 saturated carbocycles. The first-order chi connectivity index (χ1) is 14.2. The van der Waals surface area contributed by atoms with Crippen molar-refractivity contribution in [3.8, 4) is 22.6 Å². The third-order valence-electron chi connectivity index (χ3n) is 5.57. The Balaban J connectivity index is 2.91. The van der Waals surface area contributed by atoms with Crippen LogP contribution in [0.4, 0.5) is 0 Å². The number of hydrogen-bond donors (Lipinski definition) is 0. The van der Waals surface area contributed by atoms with Crippen LogP contribution in [0.2, 0.25) is 0 Å². The lowest BCUT2D eigenvalue weighted by molar-refractivity contribution is 0.129. The molecule has 0 fully saturated rings. The standard InChI is InChI=1S/C30H46O2/c1-19-23(15-21(27(3,4)5)17-25(19)31-29(9,10)11)24-16-22(28(6,7)8)18-26(20(24)2)32-30(12,13)14/h15-18H,1-14H3. The Morgan fingerprint density at radius 3 is 0.969 bits per heavy atom. The first-order valence-corrected chi connectivity index (χ1v) is 11.9. The Hall–Kier alpha value is -1.96. The van der Waals surface area contributed by atoms with Crippen molar-refractivity contribution in [2.45, 2.75) is 119 Å². The zero-order chi connectivity index (χ0) is 24.9.